The summed E-state index contributed by atoms with van der Waals surface area (Å²) in [5.74, 6) is 2.06. The van der Waals surface area contributed by atoms with Crippen LogP contribution in [0.2, 0.25) is 0 Å². The fourth-order valence-electron chi connectivity index (χ4n) is 4.17. The van der Waals surface area contributed by atoms with Gasteiger partial charge in [-0.3, -0.25) is 4.31 Å². The summed E-state index contributed by atoms with van der Waals surface area (Å²) in [5, 5.41) is 2.04. The number of hydrogen-bond acceptors (Lipinski definition) is 3. The van der Waals surface area contributed by atoms with Crippen molar-refractivity contribution in [2.75, 3.05) is 6.54 Å². The van der Waals surface area contributed by atoms with Crippen LogP contribution in [0.15, 0.2) is 126 Å². The molecule has 0 atom stereocenters. The molecule has 4 rings (SSSR count). The van der Waals surface area contributed by atoms with Crippen LogP contribution >= 0.6 is 6.04 Å². The molecule has 0 saturated carbocycles. The van der Waals surface area contributed by atoms with Gasteiger partial charge in [0, 0.05) is 12.6 Å². The van der Waals surface area contributed by atoms with Crippen molar-refractivity contribution >= 4 is 44.2 Å². The van der Waals surface area contributed by atoms with E-state index < -0.39 is 16.1 Å². The zero-order chi connectivity index (χ0) is 26.3. The molecule has 0 fully saturated rings. The molecule has 0 radical (unpaired) electrons. The van der Waals surface area contributed by atoms with Gasteiger partial charge in [0.15, 0.2) is 0 Å². The van der Waals surface area contributed by atoms with Gasteiger partial charge in [0.2, 0.25) is 0 Å². The normalized spacial score (nSPS) is 12.3. The van der Waals surface area contributed by atoms with Crippen molar-refractivity contribution in [2.24, 2.45) is 0 Å². The molecule has 0 unspecified atom stereocenters. The first-order valence-corrected chi connectivity index (χ1v) is 16.8. The van der Waals surface area contributed by atoms with Crippen molar-refractivity contribution in [3.8, 4) is 0 Å². The molecule has 190 valence electrons. The monoisotopic (exact) mass is 545 g/mol. The second-order valence-electron chi connectivity index (χ2n) is 8.95. The van der Waals surface area contributed by atoms with Crippen molar-refractivity contribution in [1.82, 2.24) is 4.31 Å². The average Bonchev–Trinajstić information content (AvgIpc) is 2.94. The molecule has 0 N–H and O–H groups in total. The zero-order valence-electron chi connectivity index (χ0n) is 21.2. The van der Waals surface area contributed by atoms with Gasteiger partial charge in [-0.25, -0.2) is 8.42 Å². The van der Waals surface area contributed by atoms with E-state index in [1.54, 1.807) is 16.4 Å². The van der Waals surface area contributed by atoms with Crippen molar-refractivity contribution in [3.63, 3.8) is 0 Å². The Kier molecular flexibility index (Phi) is 8.81. The van der Waals surface area contributed by atoms with Gasteiger partial charge >= 0.3 is 0 Å². The van der Waals surface area contributed by atoms with Gasteiger partial charge in [0.25, 0.3) is 10.0 Å². The van der Waals surface area contributed by atoms with Crippen molar-refractivity contribution < 1.29 is 8.42 Å². The van der Waals surface area contributed by atoms with Crippen LogP contribution in [0.3, 0.4) is 0 Å². The molecular formula is C31H32NO2PS2. The Bertz CT molecular complexity index is 1440. The second kappa shape index (κ2) is 12.0. The quantitative estimate of drug-likeness (QED) is 0.203. The SMILES string of the molecule is CCCCN(/C(=C/P(=S)(c1ccccc1)c1ccccc1)c1ccccc1)S(=O)(=O)c1ccc(C)cc1. The Morgan fingerprint density at radius 3 is 1.76 bits per heavy atom. The summed E-state index contributed by atoms with van der Waals surface area (Å²) >= 11 is 6.51. The van der Waals surface area contributed by atoms with Gasteiger partial charge in [-0.05, 0) is 47.5 Å². The van der Waals surface area contributed by atoms with Crippen molar-refractivity contribution in [3.05, 3.63) is 132 Å². The zero-order valence-corrected chi connectivity index (χ0v) is 23.7. The number of rotatable bonds is 10. The lowest BCUT2D eigenvalue weighted by molar-refractivity contribution is 0.499. The molecule has 3 nitrogen and oxygen atoms in total. The van der Waals surface area contributed by atoms with E-state index in [1.165, 1.54) is 0 Å². The van der Waals surface area contributed by atoms with Gasteiger partial charge in [-0.15, -0.1) is 0 Å². The molecule has 4 aromatic rings. The lowest BCUT2D eigenvalue weighted by atomic mass is 10.2. The molecule has 0 aliphatic rings. The molecule has 0 amide bonds. The van der Waals surface area contributed by atoms with E-state index in [4.69, 9.17) is 11.8 Å². The van der Waals surface area contributed by atoms with Crippen LogP contribution in [0, 0.1) is 6.92 Å². The minimum absolute atomic E-state index is 0.281. The molecule has 0 aromatic heterocycles. The molecule has 6 heteroatoms. The molecule has 0 saturated heterocycles. The van der Waals surface area contributed by atoms with E-state index in [2.05, 4.69) is 37.0 Å². The Balaban J connectivity index is 2.01. The first-order chi connectivity index (χ1) is 17.9. The summed E-state index contributed by atoms with van der Waals surface area (Å²) in [6.07, 6.45) is 1.60. The topological polar surface area (TPSA) is 37.4 Å². The average molecular weight is 546 g/mol. The standard InChI is InChI=1S/C31H32NO2PS2/c1-3-4-24-32(37(33,34)30-22-20-26(2)21-23-30)31(27-14-8-5-9-15-27)25-35(36,28-16-10-6-11-17-28)29-18-12-7-13-19-29/h5-23,25H,3-4,24H2,1-2H3/b31-25+. The highest BCUT2D eigenvalue weighted by Crippen LogP contribution is 2.49. The number of sulfonamides is 1. The highest BCUT2D eigenvalue weighted by Gasteiger charge is 2.30. The maximum atomic E-state index is 14.2. The van der Waals surface area contributed by atoms with Crippen LogP contribution < -0.4 is 10.6 Å². The maximum Gasteiger partial charge on any atom is 0.264 e. The summed E-state index contributed by atoms with van der Waals surface area (Å²) in [7, 11) is -3.84. The van der Waals surface area contributed by atoms with Crippen molar-refractivity contribution in [2.45, 2.75) is 31.6 Å². The predicted octanol–water partition coefficient (Wildman–Crippen LogP) is 6.91. The summed E-state index contributed by atoms with van der Waals surface area (Å²) in [6, 6.07) is 34.4. The summed E-state index contributed by atoms with van der Waals surface area (Å²) in [6.45, 7) is 4.39. The number of nitrogens with zero attached hydrogens (tertiary/aromatic N) is 1. The fraction of sp³-hybridized carbons (Fsp3) is 0.161. The number of benzene rings is 4. The molecule has 37 heavy (non-hydrogen) atoms. The highest BCUT2D eigenvalue weighted by atomic mass is 32.4. The third-order valence-electron chi connectivity index (χ3n) is 6.25. The predicted molar refractivity (Wildman–Crippen MR) is 161 cm³/mol. The van der Waals surface area contributed by atoms with Gasteiger partial charge < -0.3 is 0 Å². The Hall–Kier alpha value is -2.98. The van der Waals surface area contributed by atoms with Gasteiger partial charge in [-0.2, -0.15) is 0 Å². The Labute approximate surface area is 226 Å². The second-order valence-corrected chi connectivity index (χ2v) is 15.2. The molecule has 4 aromatic carbocycles. The van der Waals surface area contributed by atoms with E-state index >= 15 is 0 Å². The highest BCUT2D eigenvalue weighted by molar-refractivity contribution is 8.23. The van der Waals surface area contributed by atoms with E-state index in [0.29, 0.717) is 12.2 Å². The van der Waals surface area contributed by atoms with E-state index in [-0.39, 0.29) is 4.90 Å². The van der Waals surface area contributed by atoms with E-state index in [0.717, 1.165) is 34.6 Å². The molecule has 0 aliphatic carbocycles. The first kappa shape index (κ1) is 27.1. The van der Waals surface area contributed by atoms with Crippen LogP contribution in [-0.4, -0.2) is 19.3 Å². The lowest BCUT2D eigenvalue weighted by Gasteiger charge is -2.30. The first-order valence-electron chi connectivity index (χ1n) is 12.4. The van der Waals surface area contributed by atoms with Crippen LogP contribution in [0.25, 0.3) is 5.70 Å². The minimum Gasteiger partial charge on any atom is -0.266 e. The van der Waals surface area contributed by atoms with Crippen LogP contribution in [0.5, 0.6) is 0 Å². The Morgan fingerprint density at radius 1 is 0.784 bits per heavy atom. The molecule has 0 aliphatic heterocycles. The van der Waals surface area contributed by atoms with Crippen LogP contribution in [-0.2, 0) is 21.8 Å². The maximum absolute atomic E-state index is 14.2. The van der Waals surface area contributed by atoms with Gasteiger partial charge in [0.05, 0.1) is 10.6 Å². The summed E-state index contributed by atoms with van der Waals surface area (Å²) in [4.78, 5) is 0.281. The number of hydrogen-bond donors (Lipinski definition) is 0. The van der Waals surface area contributed by atoms with Gasteiger partial charge in [0.1, 0.15) is 0 Å². The minimum atomic E-state index is -3.84. The van der Waals surface area contributed by atoms with Crippen LogP contribution in [0.4, 0.5) is 0 Å². The Morgan fingerprint density at radius 2 is 1.27 bits per heavy atom. The third-order valence-corrected chi connectivity index (χ3v) is 12.4. The lowest BCUT2D eigenvalue weighted by Crippen LogP contribution is -2.31. The molecular weight excluding hydrogens is 513 g/mol. The van der Waals surface area contributed by atoms with E-state index in [9.17, 15) is 8.42 Å². The smallest absolute Gasteiger partial charge is 0.264 e. The fourth-order valence-corrected chi connectivity index (χ4v) is 9.26. The molecule has 0 bridgehead atoms. The van der Waals surface area contributed by atoms with Gasteiger partial charge in [-0.1, -0.05) is 134 Å². The molecule has 0 spiro atoms. The van der Waals surface area contributed by atoms with Crippen LogP contribution in [0.1, 0.15) is 30.9 Å². The number of aryl methyl sites for hydroxylation is 1. The number of unbranched alkanes of at least 4 members (excludes halogenated alkanes) is 1. The summed E-state index contributed by atoms with van der Waals surface area (Å²) < 4.78 is 29.9. The van der Waals surface area contributed by atoms with Crippen molar-refractivity contribution in [1.29, 1.82) is 0 Å². The van der Waals surface area contributed by atoms with E-state index in [1.807, 2.05) is 85.8 Å². The summed E-state index contributed by atoms with van der Waals surface area (Å²) in [5.41, 5.74) is 2.47. The largest absolute Gasteiger partial charge is 0.266 e. The molecule has 0 heterocycles. The third kappa shape index (κ3) is 6.13.